The molecule has 2 atom stereocenters. The van der Waals surface area contributed by atoms with Crippen LogP contribution in [0.25, 0.3) is 0 Å². The van der Waals surface area contributed by atoms with Crippen LogP contribution >= 0.6 is 0 Å². The first-order valence-corrected chi connectivity index (χ1v) is 12.4. The SMILES string of the molecule is CC(=O)NC1CC(NC(C)=O)CC(C(C)(C)C)(C(C)(C)C)C1.[CH3][Ti][CH3]. The van der Waals surface area contributed by atoms with Crippen molar-refractivity contribution >= 4 is 11.8 Å². The Morgan fingerprint density at radius 3 is 1.32 bits per heavy atom. The molecule has 0 spiro atoms. The van der Waals surface area contributed by atoms with E-state index in [1.54, 1.807) is 13.8 Å². The minimum atomic E-state index is 0.00481. The van der Waals surface area contributed by atoms with Crippen molar-refractivity contribution in [2.75, 3.05) is 0 Å². The van der Waals surface area contributed by atoms with Gasteiger partial charge >= 0.3 is 29.6 Å². The molecular weight excluding hydrogens is 348 g/mol. The van der Waals surface area contributed by atoms with Gasteiger partial charge in [0.05, 0.1) is 0 Å². The van der Waals surface area contributed by atoms with E-state index < -0.39 is 0 Å². The summed E-state index contributed by atoms with van der Waals surface area (Å²) < 4.78 is 0. The second kappa shape index (κ2) is 9.55. The first-order chi connectivity index (χ1) is 11.2. The normalized spacial score (nSPS) is 23.0. The van der Waals surface area contributed by atoms with Gasteiger partial charge in [0.15, 0.2) is 0 Å². The quantitative estimate of drug-likeness (QED) is 0.688. The van der Waals surface area contributed by atoms with Crippen molar-refractivity contribution in [1.29, 1.82) is 0 Å². The fourth-order valence-corrected chi connectivity index (χ4v) is 4.58. The van der Waals surface area contributed by atoms with Crippen molar-refractivity contribution in [3.05, 3.63) is 0 Å². The molecule has 0 aromatic heterocycles. The van der Waals surface area contributed by atoms with E-state index in [9.17, 15) is 9.59 Å². The van der Waals surface area contributed by atoms with Gasteiger partial charge in [0, 0.05) is 25.9 Å². The molecule has 0 bridgehead atoms. The Labute approximate surface area is 164 Å². The van der Waals surface area contributed by atoms with Gasteiger partial charge in [-0.15, -0.1) is 0 Å². The van der Waals surface area contributed by atoms with E-state index >= 15 is 0 Å². The van der Waals surface area contributed by atoms with Gasteiger partial charge in [0.25, 0.3) is 0 Å². The monoisotopic (exact) mass is 388 g/mol. The van der Waals surface area contributed by atoms with Crippen molar-refractivity contribution in [2.24, 2.45) is 16.2 Å². The average Bonchev–Trinajstić information content (AvgIpc) is 2.34. The first kappa shape index (κ1) is 24.7. The van der Waals surface area contributed by atoms with E-state index in [0.717, 1.165) is 19.3 Å². The van der Waals surface area contributed by atoms with E-state index in [1.165, 1.54) is 0 Å². The van der Waals surface area contributed by atoms with Crippen molar-refractivity contribution in [3.8, 4) is 0 Å². The molecular formula is C20H40N2O2Ti. The number of carbonyl (C=O) groups is 2. The predicted octanol–water partition coefficient (Wildman–Crippen LogP) is 4.42. The van der Waals surface area contributed by atoms with Gasteiger partial charge < -0.3 is 10.6 Å². The van der Waals surface area contributed by atoms with Crippen LogP contribution in [-0.4, -0.2) is 23.9 Å². The van der Waals surface area contributed by atoms with Gasteiger partial charge in [-0.2, -0.15) is 0 Å². The summed E-state index contributed by atoms with van der Waals surface area (Å²) >= 11 is 0.500. The number of rotatable bonds is 2. The van der Waals surface area contributed by atoms with E-state index in [0.29, 0.717) is 19.2 Å². The van der Waals surface area contributed by atoms with Gasteiger partial charge in [-0.25, -0.2) is 0 Å². The Morgan fingerprint density at radius 1 is 0.840 bits per heavy atom. The maximum atomic E-state index is 11.6. The molecule has 0 aliphatic heterocycles. The zero-order valence-corrected chi connectivity index (χ0v) is 19.7. The standard InChI is InChI=1S/C18H34N2O2.2CH3.Ti/c1-12(21)19-14-9-15(20-13(2)22)11-18(10-14,16(3,4)5)17(6,7)8;;;/h14-15H,9-11H2,1-8H3,(H,19,21)(H,20,22);2*1H3;. The minimum absolute atomic E-state index is 0.00481. The Bertz CT molecular complexity index is 410. The molecule has 0 saturated heterocycles. The van der Waals surface area contributed by atoms with Gasteiger partial charge in [0.2, 0.25) is 11.8 Å². The van der Waals surface area contributed by atoms with Crippen LogP contribution in [-0.2, 0) is 28.7 Å². The zero-order valence-electron chi connectivity index (χ0n) is 18.1. The molecule has 1 fully saturated rings. The third kappa shape index (κ3) is 7.05. The summed E-state index contributed by atoms with van der Waals surface area (Å²) in [6.07, 6.45) is 2.72. The zero-order chi connectivity index (χ0) is 20.1. The fourth-order valence-electron chi connectivity index (χ4n) is 4.58. The topological polar surface area (TPSA) is 58.2 Å². The molecule has 2 amide bonds. The Kier molecular flexibility index (Phi) is 9.42. The number of nitrogens with one attached hydrogen (secondary N) is 2. The molecule has 2 unspecified atom stereocenters. The van der Waals surface area contributed by atoms with Crippen LogP contribution in [0.5, 0.6) is 0 Å². The Morgan fingerprint density at radius 2 is 1.12 bits per heavy atom. The number of amides is 2. The summed E-state index contributed by atoms with van der Waals surface area (Å²) in [4.78, 5) is 23.1. The molecule has 4 nitrogen and oxygen atoms in total. The summed E-state index contributed by atoms with van der Waals surface area (Å²) in [5, 5.41) is 10.7. The van der Waals surface area contributed by atoms with Crippen LogP contribution in [0.2, 0.25) is 10.5 Å². The maximum absolute atomic E-state index is 11.6. The van der Waals surface area contributed by atoms with Crippen molar-refractivity contribution in [1.82, 2.24) is 10.6 Å². The van der Waals surface area contributed by atoms with Crippen molar-refractivity contribution in [2.45, 2.75) is 97.2 Å². The third-order valence-electron chi connectivity index (χ3n) is 5.44. The van der Waals surface area contributed by atoms with Crippen LogP contribution in [0.4, 0.5) is 0 Å². The van der Waals surface area contributed by atoms with Gasteiger partial charge in [-0.3, -0.25) is 9.59 Å². The van der Waals surface area contributed by atoms with Crippen LogP contribution in [0, 0.1) is 16.2 Å². The summed E-state index contributed by atoms with van der Waals surface area (Å²) in [6, 6.07) is 0.225. The molecule has 1 rings (SSSR count). The third-order valence-corrected chi connectivity index (χ3v) is 5.44. The van der Waals surface area contributed by atoms with E-state index in [1.807, 2.05) is 0 Å². The first-order valence-electron chi connectivity index (χ1n) is 9.33. The van der Waals surface area contributed by atoms with Gasteiger partial charge in [0.1, 0.15) is 0 Å². The summed E-state index contributed by atoms with van der Waals surface area (Å²) in [5.41, 5.74) is 0.205. The molecule has 1 aliphatic rings. The van der Waals surface area contributed by atoms with Crippen LogP contribution in [0.15, 0.2) is 0 Å². The second-order valence-corrected chi connectivity index (χ2v) is 11.1. The molecule has 25 heavy (non-hydrogen) atoms. The molecule has 1 aliphatic carbocycles. The fraction of sp³-hybridized carbons (Fsp3) is 0.900. The molecule has 0 aromatic carbocycles. The molecule has 0 aromatic rings. The summed E-state index contributed by atoms with van der Waals surface area (Å²) in [7, 11) is 0. The predicted molar refractivity (Wildman–Crippen MR) is 102 cm³/mol. The molecule has 2 N–H and O–H groups in total. The van der Waals surface area contributed by atoms with Crippen LogP contribution in [0.3, 0.4) is 0 Å². The molecule has 0 radical (unpaired) electrons. The van der Waals surface area contributed by atoms with Crippen molar-refractivity contribution < 1.29 is 28.7 Å². The van der Waals surface area contributed by atoms with E-state index in [4.69, 9.17) is 0 Å². The van der Waals surface area contributed by atoms with Crippen LogP contribution in [0.1, 0.15) is 74.7 Å². The van der Waals surface area contributed by atoms with Crippen molar-refractivity contribution in [3.63, 3.8) is 0 Å². The summed E-state index contributed by atoms with van der Waals surface area (Å²) in [5.74, 6) is 0.00962. The Balaban J connectivity index is 0.00000178. The molecule has 0 heterocycles. The number of carbonyl (C=O) groups excluding carboxylic acids is 2. The van der Waals surface area contributed by atoms with Gasteiger partial charge in [-0.1, -0.05) is 41.5 Å². The molecule has 146 valence electrons. The molecule has 1 saturated carbocycles. The average molecular weight is 388 g/mol. The van der Waals surface area contributed by atoms with Gasteiger partial charge in [-0.05, 0) is 35.5 Å². The van der Waals surface area contributed by atoms with Crippen LogP contribution < -0.4 is 10.6 Å². The van der Waals surface area contributed by atoms with E-state index in [-0.39, 0.29) is 40.1 Å². The second-order valence-electron chi connectivity index (χ2n) is 9.52. The Hall–Kier alpha value is -0.346. The summed E-state index contributed by atoms with van der Waals surface area (Å²) in [6.45, 7) is 16.8. The number of hydrogen-bond acceptors (Lipinski definition) is 2. The number of hydrogen-bond donors (Lipinski definition) is 2. The van der Waals surface area contributed by atoms with E-state index in [2.05, 4.69) is 62.6 Å². The molecule has 5 heteroatoms.